The molecule has 0 aliphatic carbocycles. The third-order valence-corrected chi connectivity index (χ3v) is 2.11. The predicted molar refractivity (Wildman–Crippen MR) is 51.5 cm³/mol. The second kappa shape index (κ2) is 4.22. The highest BCUT2D eigenvalue weighted by molar-refractivity contribution is 5.40. The molecule has 3 heteroatoms. The molecule has 0 aromatic heterocycles. The zero-order valence-corrected chi connectivity index (χ0v) is 8.18. The van der Waals surface area contributed by atoms with Crippen molar-refractivity contribution in [2.45, 2.75) is 12.8 Å². The smallest absolute Gasteiger partial charge is 0.165 e. The zero-order valence-electron chi connectivity index (χ0n) is 8.18. The molecule has 0 saturated heterocycles. The van der Waals surface area contributed by atoms with Crippen LogP contribution < -0.4 is 4.74 Å². The fourth-order valence-corrected chi connectivity index (χ4v) is 1.30. The van der Waals surface area contributed by atoms with E-state index in [9.17, 15) is 8.78 Å². The third kappa shape index (κ3) is 1.76. The van der Waals surface area contributed by atoms with Gasteiger partial charge in [-0.2, -0.15) is 0 Å². The maximum absolute atomic E-state index is 13.4. The highest BCUT2D eigenvalue weighted by Crippen LogP contribution is 2.32. The molecule has 1 aromatic rings. The maximum atomic E-state index is 13.4. The van der Waals surface area contributed by atoms with Crippen LogP contribution in [0.2, 0.25) is 0 Å². The van der Waals surface area contributed by atoms with Crippen molar-refractivity contribution in [2.24, 2.45) is 0 Å². The molecule has 0 radical (unpaired) electrons. The van der Waals surface area contributed by atoms with Crippen molar-refractivity contribution in [3.63, 3.8) is 0 Å². The molecule has 0 saturated carbocycles. The topological polar surface area (TPSA) is 9.23 Å². The summed E-state index contributed by atoms with van der Waals surface area (Å²) in [5.41, 5.74) is 0.211. The quantitative estimate of drug-likeness (QED) is 0.677. The number of hydrogen-bond acceptors (Lipinski definition) is 1. The molecule has 0 aliphatic rings. The molecule has 76 valence electrons. The number of ether oxygens (including phenoxy) is 1. The molecule has 0 heterocycles. The average molecular weight is 198 g/mol. The summed E-state index contributed by atoms with van der Waals surface area (Å²) in [6.07, 6.45) is 1.54. The highest BCUT2D eigenvalue weighted by atomic mass is 19.1. The number of methoxy groups -OCH3 is 1. The molecule has 0 fully saturated rings. The molecular weight excluding hydrogens is 186 g/mol. The van der Waals surface area contributed by atoms with Crippen LogP contribution in [0.25, 0.3) is 0 Å². The Morgan fingerprint density at radius 2 is 1.93 bits per heavy atom. The molecule has 0 aliphatic heterocycles. The fraction of sp³-hybridized carbons (Fsp3) is 0.273. The van der Waals surface area contributed by atoms with Crippen LogP contribution in [0.4, 0.5) is 8.78 Å². The molecule has 0 N–H and O–H groups in total. The van der Waals surface area contributed by atoms with Crippen molar-refractivity contribution >= 4 is 0 Å². The van der Waals surface area contributed by atoms with Gasteiger partial charge in [-0.15, -0.1) is 6.58 Å². The van der Waals surface area contributed by atoms with Gasteiger partial charge in [0.2, 0.25) is 0 Å². The Bertz CT molecular complexity index is 347. The van der Waals surface area contributed by atoms with Crippen molar-refractivity contribution in [3.05, 3.63) is 42.0 Å². The van der Waals surface area contributed by atoms with E-state index in [1.54, 1.807) is 13.0 Å². The SMILES string of the molecule is C=C[C@H](C)c1c(F)ccc(F)c1OC. The molecule has 0 spiro atoms. The molecule has 14 heavy (non-hydrogen) atoms. The Labute approximate surface area is 82.0 Å². The van der Waals surface area contributed by atoms with E-state index in [1.165, 1.54) is 7.11 Å². The lowest BCUT2D eigenvalue weighted by Crippen LogP contribution is -2.01. The lowest BCUT2D eigenvalue weighted by Gasteiger charge is -2.13. The number of allylic oxidation sites excluding steroid dienone is 1. The fourth-order valence-electron chi connectivity index (χ4n) is 1.30. The summed E-state index contributed by atoms with van der Waals surface area (Å²) in [5, 5.41) is 0. The Kier molecular flexibility index (Phi) is 3.23. The summed E-state index contributed by atoms with van der Waals surface area (Å²) in [4.78, 5) is 0. The minimum Gasteiger partial charge on any atom is -0.493 e. The van der Waals surface area contributed by atoms with Crippen molar-refractivity contribution in [3.8, 4) is 5.75 Å². The van der Waals surface area contributed by atoms with Crippen molar-refractivity contribution in [1.82, 2.24) is 0 Å². The first-order valence-corrected chi connectivity index (χ1v) is 4.26. The van der Waals surface area contributed by atoms with Crippen LogP contribution in [-0.2, 0) is 0 Å². The summed E-state index contributed by atoms with van der Waals surface area (Å²) in [6, 6.07) is 2.14. The largest absolute Gasteiger partial charge is 0.493 e. The second-order valence-electron chi connectivity index (χ2n) is 3.00. The second-order valence-corrected chi connectivity index (χ2v) is 3.00. The van der Waals surface area contributed by atoms with E-state index in [0.29, 0.717) is 0 Å². The molecule has 1 nitrogen and oxygen atoms in total. The normalized spacial score (nSPS) is 12.3. The minimum atomic E-state index is -0.558. The van der Waals surface area contributed by atoms with Crippen molar-refractivity contribution < 1.29 is 13.5 Å². The van der Waals surface area contributed by atoms with Gasteiger partial charge in [-0.3, -0.25) is 0 Å². The molecule has 0 bridgehead atoms. The van der Waals surface area contributed by atoms with Gasteiger partial charge in [-0.25, -0.2) is 8.78 Å². The van der Waals surface area contributed by atoms with Gasteiger partial charge < -0.3 is 4.74 Å². The monoisotopic (exact) mass is 198 g/mol. The Hall–Kier alpha value is -1.38. The van der Waals surface area contributed by atoms with E-state index in [2.05, 4.69) is 6.58 Å². The van der Waals surface area contributed by atoms with Crippen LogP contribution in [0, 0.1) is 11.6 Å². The maximum Gasteiger partial charge on any atom is 0.165 e. The van der Waals surface area contributed by atoms with E-state index in [4.69, 9.17) is 4.74 Å². The van der Waals surface area contributed by atoms with Crippen LogP contribution in [-0.4, -0.2) is 7.11 Å². The molecule has 1 rings (SSSR count). The van der Waals surface area contributed by atoms with Gasteiger partial charge in [0.15, 0.2) is 11.6 Å². The van der Waals surface area contributed by atoms with Crippen molar-refractivity contribution in [2.75, 3.05) is 7.11 Å². The molecule has 1 aromatic carbocycles. The molecular formula is C11H12F2O. The lowest BCUT2D eigenvalue weighted by atomic mass is 9.99. The standard InChI is InChI=1S/C11H12F2O/c1-4-7(2)10-8(12)5-6-9(13)11(10)14-3/h4-7H,1H2,2-3H3/t7-/m0/s1. The number of halogens is 2. The van der Waals surface area contributed by atoms with Gasteiger partial charge >= 0.3 is 0 Å². The van der Waals surface area contributed by atoms with Gasteiger partial charge in [0, 0.05) is 11.5 Å². The summed E-state index contributed by atoms with van der Waals surface area (Å²) < 4.78 is 31.4. The number of benzene rings is 1. The Morgan fingerprint density at radius 3 is 2.43 bits per heavy atom. The van der Waals surface area contributed by atoms with E-state index >= 15 is 0 Å². The predicted octanol–water partition coefficient (Wildman–Crippen LogP) is 3.26. The van der Waals surface area contributed by atoms with Crippen LogP contribution >= 0.6 is 0 Å². The summed E-state index contributed by atoms with van der Waals surface area (Å²) in [6.45, 7) is 5.27. The molecule has 1 atom stereocenters. The van der Waals surface area contributed by atoms with E-state index in [0.717, 1.165) is 12.1 Å². The number of rotatable bonds is 3. The lowest BCUT2D eigenvalue weighted by molar-refractivity contribution is 0.375. The first-order chi connectivity index (χ1) is 6.61. The van der Waals surface area contributed by atoms with Gasteiger partial charge in [0.1, 0.15) is 5.82 Å². The summed E-state index contributed by atoms with van der Waals surface area (Å²) >= 11 is 0. The Balaban J connectivity index is 3.36. The summed E-state index contributed by atoms with van der Waals surface area (Å²) in [5.74, 6) is -1.36. The van der Waals surface area contributed by atoms with E-state index in [-0.39, 0.29) is 17.2 Å². The van der Waals surface area contributed by atoms with Gasteiger partial charge in [-0.05, 0) is 12.1 Å². The Morgan fingerprint density at radius 1 is 1.36 bits per heavy atom. The van der Waals surface area contributed by atoms with Crippen molar-refractivity contribution in [1.29, 1.82) is 0 Å². The first kappa shape index (κ1) is 10.7. The molecule has 0 unspecified atom stereocenters. The average Bonchev–Trinajstić information content (AvgIpc) is 2.19. The third-order valence-electron chi connectivity index (χ3n) is 2.11. The zero-order chi connectivity index (χ0) is 10.7. The van der Waals surface area contributed by atoms with E-state index < -0.39 is 11.6 Å². The first-order valence-electron chi connectivity index (χ1n) is 4.26. The number of hydrogen-bond donors (Lipinski definition) is 0. The summed E-state index contributed by atoms with van der Waals surface area (Å²) in [7, 11) is 1.32. The van der Waals surface area contributed by atoms with Gasteiger partial charge in [0.25, 0.3) is 0 Å². The van der Waals surface area contributed by atoms with Gasteiger partial charge in [-0.1, -0.05) is 13.0 Å². The van der Waals surface area contributed by atoms with Crippen LogP contribution in [0.1, 0.15) is 18.4 Å². The molecule has 0 amide bonds. The van der Waals surface area contributed by atoms with Crippen LogP contribution in [0.3, 0.4) is 0 Å². The van der Waals surface area contributed by atoms with E-state index in [1.807, 2.05) is 0 Å². The highest BCUT2D eigenvalue weighted by Gasteiger charge is 2.17. The minimum absolute atomic E-state index is 0.0441. The van der Waals surface area contributed by atoms with Gasteiger partial charge in [0.05, 0.1) is 7.11 Å². The van der Waals surface area contributed by atoms with Crippen LogP contribution in [0.15, 0.2) is 24.8 Å². The van der Waals surface area contributed by atoms with Crippen LogP contribution in [0.5, 0.6) is 5.75 Å².